The number of nitrogens with two attached hydrogens (primary N) is 3. The average molecular weight is 462 g/mol. The molecule has 1 aliphatic carbocycles. The molecule has 0 aromatic heterocycles. The molecular formula is C15H22Br2N6O. The van der Waals surface area contributed by atoms with Gasteiger partial charge in [0.15, 0.2) is 5.96 Å². The van der Waals surface area contributed by atoms with Crippen LogP contribution in [0.1, 0.15) is 31.2 Å². The summed E-state index contributed by atoms with van der Waals surface area (Å²) in [6.07, 6.45) is 3.43. The van der Waals surface area contributed by atoms with Crippen molar-refractivity contribution in [3.63, 3.8) is 0 Å². The maximum Gasteiger partial charge on any atom is 0.223 e. The largest absolute Gasteiger partial charge is 0.393 e. The standard InChI is InChI=1S/C15H22Br2N6O/c16-9-5-8(7-21-10-1-3-11(24)4-2-10)13(12(17)6-9)22-15(20)23-14(18)19/h5-6,10-11,21,24H,1-4,7H2,(H6,18,19,20,22,23). The van der Waals surface area contributed by atoms with Gasteiger partial charge in [-0.3, -0.25) is 0 Å². The molecule has 1 saturated carbocycles. The maximum atomic E-state index is 9.60. The number of benzene rings is 1. The summed E-state index contributed by atoms with van der Waals surface area (Å²) in [6, 6.07) is 4.26. The van der Waals surface area contributed by atoms with Crippen LogP contribution in [0.15, 0.2) is 31.1 Å². The van der Waals surface area contributed by atoms with Crippen molar-refractivity contribution in [2.45, 2.75) is 44.4 Å². The molecule has 8 N–H and O–H groups in total. The van der Waals surface area contributed by atoms with Gasteiger partial charge in [-0.1, -0.05) is 15.9 Å². The molecule has 0 unspecified atom stereocenters. The highest BCUT2D eigenvalue weighted by Crippen LogP contribution is 2.33. The van der Waals surface area contributed by atoms with Crippen LogP contribution in [0.3, 0.4) is 0 Å². The smallest absolute Gasteiger partial charge is 0.223 e. The van der Waals surface area contributed by atoms with Gasteiger partial charge in [-0.15, -0.1) is 0 Å². The first-order valence-electron chi connectivity index (χ1n) is 7.68. The van der Waals surface area contributed by atoms with E-state index in [1.165, 1.54) is 0 Å². The molecule has 0 amide bonds. The van der Waals surface area contributed by atoms with Crippen LogP contribution < -0.4 is 22.5 Å². The summed E-state index contributed by atoms with van der Waals surface area (Å²) in [5.74, 6) is -0.134. The van der Waals surface area contributed by atoms with E-state index in [0.717, 1.165) is 40.2 Å². The van der Waals surface area contributed by atoms with Gasteiger partial charge in [-0.2, -0.15) is 4.99 Å². The molecule has 0 atom stereocenters. The van der Waals surface area contributed by atoms with Crippen molar-refractivity contribution in [2.24, 2.45) is 27.2 Å². The highest BCUT2D eigenvalue weighted by atomic mass is 79.9. The van der Waals surface area contributed by atoms with Crippen molar-refractivity contribution in [1.82, 2.24) is 5.32 Å². The van der Waals surface area contributed by atoms with E-state index in [4.69, 9.17) is 17.2 Å². The summed E-state index contributed by atoms with van der Waals surface area (Å²) in [5, 5.41) is 13.1. The molecule has 2 rings (SSSR count). The Labute approximate surface area is 158 Å². The zero-order chi connectivity index (χ0) is 17.7. The lowest BCUT2D eigenvalue weighted by Crippen LogP contribution is -2.34. The number of aliphatic hydroxyl groups is 1. The molecule has 9 heteroatoms. The topological polar surface area (TPSA) is 135 Å². The van der Waals surface area contributed by atoms with Crippen LogP contribution in [-0.4, -0.2) is 29.2 Å². The van der Waals surface area contributed by atoms with Crippen LogP contribution in [-0.2, 0) is 6.54 Å². The van der Waals surface area contributed by atoms with Crippen molar-refractivity contribution in [3.05, 3.63) is 26.6 Å². The number of rotatable bonds is 4. The van der Waals surface area contributed by atoms with Gasteiger partial charge in [-0.25, -0.2) is 4.99 Å². The minimum atomic E-state index is -0.164. The predicted molar refractivity (Wildman–Crippen MR) is 104 cm³/mol. The number of nitrogens with one attached hydrogen (secondary N) is 1. The third-order valence-corrected chi connectivity index (χ3v) is 4.92. The monoisotopic (exact) mass is 460 g/mol. The van der Waals surface area contributed by atoms with Crippen molar-refractivity contribution in [3.8, 4) is 0 Å². The van der Waals surface area contributed by atoms with E-state index in [2.05, 4.69) is 47.2 Å². The van der Waals surface area contributed by atoms with E-state index in [9.17, 15) is 5.11 Å². The second-order valence-corrected chi connectivity index (χ2v) is 7.56. The van der Waals surface area contributed by atoms with Crippen LogP contribution in [0, 0.1) is 0 Å². The molecule has 1 aromatic carbocycles. The second-order valence-electron chi connectivity index (χ2n) is 5.79. The molecule has 7 nitrogen and oxygen atoms in total. The van der Waals surface area contributed by atoms with Gasteiger partial charge in [0.05, 0.1) is 11.8 Å². The molecule has 0 radical (unpaired) electrons. The van der Waals surface area contributed by atoms with Gasteiger partial charge < -0.3 is 27.6 Å². The molecule has 0 spiro atoms. The summed E-state index contributed by atoms with van der Waals surface area (Å²) in [6.45, 7) is 0.632. The van der Waals surface area contributed by atoms with Crippen molar-refractivity contribution in [1.29, 1.82) is 0 Å². The van der Waals surface area contributed by atoms with Crippen LogP contribution >= 0.6 is 31.9 Å². The minimum absolute atomic E-state index is 0.0000566. The summed E-state index contributed by atoms with van der Waals surface area (Å²) in [5.41, 5.74) is 18.1. The number of guanidine groups is 2. The SMILES string of the molecule is NC(N)=NC(N)=Nc1c(Br)cc(Br)cc1CNC1CCC(O)CC1. The lowest BCUT2D eigenvalue weighted by atomic mass is 9.93. The molecule has 1 fully saturated rings. The van der Waals surface area contributed by atoms with Crippen LogP contribution in [0.5, 0.6) is 0 Å². The Kier molecular flexibility index (Phi) is 7.02. The van der Waals surface area contributed by atoms with Gasteiger partial charge >= 0.3 is 0 Å². The Bertz CT molecular complexity index is 637. The highest BCUT2D eigenvalue weighted by Gasteiger charge is 2.19. The Morgan fingerprint density at radius 2 is 1.83 bits per heavy atom. The van der Waals surface area contributed by atoms with E-state index in [1.807, 2.05) is 12.1 Å². The van der Waals surface area contributed by atoms with E-state index in [1.54, 1.807) is 0 Å². The first kappa shape index (κ1) is 19.2. The average Bonchev–Trinajstić information content (AvgIpc) is 2.49. The highest BCUT2D eigenvalue weighted by molar-refractivity contribution is 9.11. The fourth-order valence-corrected chi connectivity index (χ4v) is 4.09. The number of aliphatic hydroxyl groups excluding tert-OH is 1. The number of hydrogen-bond acceptors (Lipinski definition) is 3. The lowest BCUT2D eigenvalue weighted by Gasteiger charge is -2.26. The molecular weight excluding hydrogens is 440 g/mol. The Morgan fingerprint density at radius 1 is 1.17 bits per heavy atom. The second kappa shape index (κ2) is 8.80. The Balaban J connectivity index is 2.17. The molecule has 0 bridgehead atoms. The summed E-state index contributed by atoms with van der Waals surface area (Å²) >= 11 is 6.99. The minimum Gasteiger partial charge on any atom is -0.393 e. The van der Waals surface area contributed by atoms with Crippen LogP contribution in [0.25, 0.3) is 0 Å². The van der Waals surface area contributed by atoms with E-state index < -0.39 is 0 Å². The number of aliphatic imine (C=N–C) groups is 2. The lowest BCUT2D eigenvalue weighted by molar-refractivity contribution is 0.116. The van der Waals surface area contributed by atoms with Gasteiger partial charge in [0.1, 0.15) is 0 Å². The quantitative estimate of drug-likeness (QED) is 0.344. The van der Waals surface area contributed by atoms with Crippen molar-refractivity contribution in [2.75, 3.05) is 0 Å². The van der Waals surface area contributed by atoms with Crippen molar-refractivity contribution < 1.29 is 5.11 Å². The first-order valence-corrected chi connectivity index (χ1v) is 9.27. The van der Waals surface area contributed by atoms with Gasteiger partial charge in [0.2, 0.25) is 5.96 Å². The zero-order valence-corrected chi connectivity index (χ0v) is 16.3. The molecule has 0 saturated heterocycles. The molecule has 1 aliphatic rings. The molecule has 132 valence electrons. The van der Waals surface area contributed by atoms with Crippen LogP contribution in [0.2, 0.25) is 0 Å². The third-order valence-electron chi connectivity index (χ3n) is 3.86. The van der Waals surface area contributed by atoms with E-state index in [0.29, 0.717) is 18.3 Å². The Hall–Kier alpha value is -1.16. The summed E-state index contributed by atoms with van der Waals surface area (Å²) in [7, 11) is 0. The van der Waals surface area contributed by atoms with Gasteiger partial charge in [0.25, 0.3) is 0 Å². The first-order chi connectivity index (χ1) is 11.3. The van der Waals surface area contributed by atoms with Gasteiger partial charge in [-0.05, 0) is 59.3 Å². The fraction of sp³-hybridized carbons (Fsp3) is 0.467. The van der Waals surface area contributed by atoms with Crippen molar-refractivity contribution >= 4 is 49.5 Å². The van der Waals surface area contributed by atoms with Gasteiger partial charge in [0, 0.05) is 21.5 Å². The number of halogens is 2. The molecule has 24 heavy (non-hydrogen) atoms. The fourth-order valence-electron chi connectivity index (χ4n) is 2.69. The molecule has 1 aromatic rings. The van der Waals surface area contributed by atoms with E-state index in [-0.39, 0.29) is 18.0 Å². The normalized spacial score (nSPS) is 21.5. The summed E-state index contributed by atoms with van der Waals surface area (Å²) < 4.78 is 1.73. The third kappa shape index (κ3) is 5.73. The number of hydrogen-bond donors (Lipinski definition) is 5. The maximum absolute atomic E-state index is 9.60. The predicted octanol–water partition coefficient (Wildman–Crippen LogP) is 1.82. The zero-order valence-electron chi connectivity index (χ0n) is 13.2. The van der Waals surface area contributed by atoms with Crippen LogP contribution in [0.4, 0.5) is 5.69 Å². The van der Waals surface area contributed by atoms with E-state index >= 15 is 0 Å². The Morgan fingerprint density at radius 3 is 2.46 bits per heavy atom. The molecule has 0 heterocycles. The summed E-state index contributed by atoms with van der Waals surface area (Å²) in [4.78, 5) is 8.07. The molecule has 0 aliphatic heterocycles. The number of nitrogens with zero attached hydrogens (tertiary/aromatic N) is 2.